The van der Waals surface area contributed by atoms with Crippen LogP contribution in [0.2, 0.25) is 0 Å². The van der Waals surface area contributed by atoms with Crippen molar-refractivity contribution < 1.29 is 4.79 Å². The lowest BCUT2D eigenvalue weighted by Crippen LogP contribution is -2.30. The highest BCUT2D eigenvalue weighted by Crippen LogP contribution is 2.27. The molecule has 1 aromatic heterocycles. The first-order valence-corrected chi connectivity index (χ1v) is 9.42. The summed E-state index contributed by atoms with van der Waals surface area (Å²) < 4.78 is 2.10. The number of nitrogens with zero attached hydrogens (tertiary/aromatic N) is 4. The number of hydrogen-bond acceptors (Lipinski definition) is 5. The largest absolute Gasteiger partial charge is 0.299 e. The summed E-state index contributed by atoms with van der Waals surface area (Å²) in [5.74, 6) is 1.10. The van der Waals surface area contributed by atoms with E-state index in [0.717, 1.165) is 36.3 Å². The molecule has 1 atom stereocenters. The van der Waals surface area contributed by atoms with E-state index in [9.17, 15) is 4.79 Å². The number of hydrogen-bond donors (Lipinski definition) is 0. The Balaban J connectivity index is 1.90. The lowest BCUT2D eigenvalue weighted by atomic mass is 10.1. The zero-order chi connectivity index (χ0) is 16.9. The third kappa shape index (κ3) is 4.05. The molecule has 1 aliphatic heterocycles. The zero-order valence-electron chi connectivity index (χ0n) is 14.3. The Bertz CT molecular complexity index is 680. The van der Waals surface area contributed by atoms with Crippen LogP contribution in [0.3, 0.4) is 0 Å². The van der Waals surface area contributed by atoms with Gasteiger partial charge in [-0.25, -0.2) is 0 Å². The summed E-state index contributed by atoms with van der Waals surface area (Å²) in [5.41, 5.74) is 1.05. The number of benzene rings is 1. The van der Waals surface area contributed by atoms with Crippen molar-refractivity contribution in [2.75, 3.05) is 13.1 Å². The number of likely N-dealkylation sites (tertiary alicyclic amines) is 1. The molecule has 1 aromatic carbocycles. The molecule has 0 aliphatic carbocycles. The standard InChI is InChI=1S/C18H24N4OS/c1-14(23)15(2)24-18-20-19-17(13-21-11-7-4-8-12-21)22(18)16-9-5-3-6-10-16/h3,5-6,9-10,15H,4,7-8,11-13H2,1-2H3. The van der Waals surface area contributed by atoms with Gasteiger partial charge in [-0.1, -0.05) is 36.4 Å². The molecule has 1 unspecified atom stereocenters. The molecule has 2 aromatic rings. The third-order valence-corrected chi connectivity index (χ3v) is 5.54. The zero-order valence-corrected chi connectivity index (χ0v) is 15.1. The van der Waals surface area contributed by atoms with E-state index in [1.54, 1.807) is 6.92 Å². The number of carbonyl (C=O) groups is 1. The number of thioether (sulfide) groups is 1. The Morgan fingerprint density at radius 2 is 1.88 bits per heavy atom. The molecule has 0 saturated carbocycles. The Morgan fingerprint density at radius 3 is 2.54 bits per heavy atom. The minimum Gasteiger partial charge on any atom is -0.299 e. The average Bonchev–Trinajstić information content (AvgIpc) is 2.98. The topological polar surface area (TPSA) is 51.0 Å². The molecular formula is C18H24N4OS. The van der Waals surface area contributed by atoms with E-state index in [1.807, 2.05) is 25.1 Å². The van der Waals surface area contributed by atoms with Crippen molar-refractivity contribution in [3.63, 3.8) is 0 Å². The minimum atomic E-state index is -0.125. The normalized spacial score (nSPS) is 16.9. The lowest BCUT2D eigenvalue weighted by Gasteiger charge is -2.26. The van der Waals surface area contributed by atoms with E-state index in [0.29, 0.717) is 0 Å². The van der Waals surface area contributed by atoms with Crippen molar-refractivity contribution in [3.8, 4) is 5.69 Å². The predicted molar refractivity (Wildman–Crippen MR) is 96.5 cm³/mol. The molecule has 128 valence electrons. The van der Waals surface area contributed by atoms with E-state index in [-0.39, 0.29) is 11.0 Å². The molecule has 1 saturated heterocycles. The van der Waals surface area contributed by atoms with Gasteiger partial charge < -0.3 is 0 Å². The van der Waals surface area contributed by atoms with E-state index in [1.165, 1.54) is 31.0 Å². The van der Waals surface area contributed by atoms with Crippen molar-refractivity contribution in [2.24, 2.45) is 0 Å². The maximum absolute atomic E-state index is 11.6. The lowest BCUT2D eigenvalue weighted by molar-refractivity contribution is -0.116. The SMILES string of the molecule is CC(=O)C(C)Sc1nnc(CN2CCCCC2)n1-c1ccccc1. The highest BCUT2D eigenvalue weighted by Gasteiger charge is 2.21. The number of piperidine rings is 1. The maximum Gasteiger partial charge on any atom is 0.196 e. The number of rotatable bonds is 6. The van der Waals surface area contributed by atoms with Crippen LogP contribution in [-0.4, -0.2) is 43.8 Å². The summed E-state index contributed by atoms with van der Waals surface area (Å²) in [6.07, 6.45) is 3.82. The summed E-state index contributed by atoms with van der Waals surface area (Å²) in [6.45, 7) is 6.58. The molecule has 2 heterocycles. The molecule has 0 amide bonds. The van der Waals surface area contributed by atoms with Crippen molar-refractivity contribution in [3.05, 3.63) is 36.2 Å². The molecule has 24 heavy (non-hydrogen) atoms. The van der Waals surface area contributed by atoms with Gasteiger partial charge in [-0.15, -0.1) is 10.2 Å². The van der Waals surface area contributed by atoms with Crippen LogP contribution in [0, 0.1) is 0 Å². The van der Waals surface area contributed by atoms with Crippen molar-refractivity contribution in [2.45, 2.75) is 50.1 Å². The molecule has 3 rings (SSSR count). The Kier molecular flexibility index (Phi) is 5.68. The van der Waals surface area contributed by atoms with Crippen LogP contribution < -0.4 is 0 Å². The fourth-order valence-corrected chi connectivity index (χ4v) is 3.76. The minimum absolute atomic E-state index is 0.125. The second-order valence-electron chi connectivity index (χ2n) is 6.28. The van der Waals surface area contributed by atoms with Crippen molar-refractivity contribution >= 4 is 17.5 Å². The summed E-state index contributed by atoms with van der Waals surface area (Å²) in [5, 5.41) is 9.48. The van der Waals surface area contributed by atoms with Gasteiger partial charge in [0, 0.05) is 5.69 Å². The Hall–Kier alpha value is -1.66. The van der Waals surface area contributed by atoms with E-state index in [2.05, 4.69) is 31.8 Å². The second kappa shape index (κ2) is 7.94. The quantitative estimate of drug-likeness (QED) is 0.753. The molecular weight excluding hydrogens is 320 g/mol. The van der Waals surface area contributed by atoms with Gasteiger partial charge in [0.25, 0.3) is 0 Å². The van der Waals surface area contributed by atoms with Gasteiger partial charge in [-0.05, 0) is 51.9 Å². The molecule has 0 spiro atoms. The molecule has 0 N–H and O–H groups in total. The van der Waals surface area contributed by atoms with Gasteiger partial charge >= 0.3 is 0 Å². The van der Waals surface area contributed by atoms with Crippen molar-refractivity contribution in [1.82, 2.24) is 19.7 Å². The van der Waals surface area contributed by atoms with Gasteiger partial charge in [-0.3, -0.25) is 14.3 Å². The van der Waals surface area contributed by atoms with Crippen molar-refractivity contribution in [1.29, 1.82) is 0 Å². The van der Waals surface area contributed by atoms with Crippen LogP contribution in [0.4, 0.5) is 0 Å². The van der Waals surface area contributed by atoms with Gasteiger partial charge in [0.15, 0.2) is 11.0 Å². The molecule has 0 bridgehead atoms. The van der Waals surface area contributed by atoms with Gasteiger partial charge in [0.05, 0.1) is 11.8 Å². The number of para-hydroxylation sites is 1. The fourth-order valence-electron chi connectivity index (χ4n) is 2.87. The van der Waals surface area contributed by atoms with E-state index >= 15 is 0 Å². The number of Topliss-reactive ketones (excluding diaryl/α,β-unsaturated/α-hetero) is 1. The highest BCUT2D eigenvalue weighted by molar-refractivity contribution is 8.00. The van der Waals surface area contributed by atoms with Crippen LogP contribution in [0.25, 0.3) is 5.69 Å². The van der Waals surface area contributed by atoms with Gasteiger partial charge in [0.1, 0.15) is 5.78 Å². The number of carbonyl (C=O) groups excluding carboxylic acids is 1. The Morgan fingerprint density at radius 1 is 1.17 bits per heavy atom. The maximum atomic E-state index is 11.6. The van der Waals surface area contributed by atoms with Crippen LogP contribution >= 0.6 is 11.8 Å². The summed E-state index contributed by atoms with van der Waals surface area (Å²) in [7, 11) is 0. The second-order valence-corrected chi connectivity index (χ2v) is 7.59. The summed E-state index contributed by atoms with van der Waals surface area (Å²) in [6, 6.07) is 10.2. The first kappa shape index (κ1) is 17.2. The molecule has 5 nitrogen and oxygen atoms in total. The molecule has 1 aliphatic rings. The molecule has 6 heteroatoms. The van der Waals surface area contributed by atoms with Gasteiger partial charge in [-0.2, -0.15) is 0 Å². The highest BCUT2D eigenvalue weighted by atomic mass is 32.2. The van der Waals surface area contributed by atoms with Crippen LogP contribution in [-0.2, 0) is 11.3 Å². The first-order chi connectivity index (χ1) is 11.6. The third-order valence-electron chi connectivity index (χ3n) is 4.38. The van der Waals surface area contributed by atoms with Crippen LogP contribution in [0.5, 0.6) is 0 Å². The summed E-state index contributed by atoms with van der Waals surface area (Å²) >= 11 is 1.48. The van der Waals surface area contributed by atoms with Gasteiger partial charge in [0.2, 0.25) is 0 Å². The Labute approximate surface area is 147 Å². The fraction of sp³-hybridized carbons (Fsp3) is 0.500. The number of aromatic nitrogens is 3. The van der Waals surface area contributed by atoms with Crippen LogP contribution in [0.1, 0.15) is 38.9 Å². The predicted octanol–water partition coefficient (Wildman–Crippen LogP) is 3.32. The number of ketones is 1. The summed E-state index contributed by atoms with van der Waals surface area (Å²) in [4.78, 5) is 14.1. The first-order valence-electron chi connectivity index (χ1n) is 8.54. The molecule has 1 fully saturated rings. The average molecular weight is 344 g/mol. The van der Waals surface area contributed by atoms with E-state index < -0.39 is 0 Å². The van der Waals surface area contributed by atoms with E-state index in [4.69, 9.17) is 0 Å². The monoisotopic (exact) mass is 344 g/mol. The molecule has 0 radical (unpaired) electrons. The smallest absolute Gasteiger partial charge is 0.196 e. The van der Waals surface area contributed by atoms with Crippen LogP contribution in [0.15, 0.2) is 35.5 Å².